The first kappa shape index (κ1) is 16.2. The van der Waals surface area contributed by atoms with Gasteiger partial charge in [-0.25, -0.2) is 4.79 Å². The second-order valence-electron chi connectivity index (χ2n) is 6.82. The summed E-state index contributed by atoms with van der Waals surface area (Å²) < 4.78 is 5.65. The molecule has 3 rings (SSSR count). The average molecular weight is 379 g/mol. The molecule has 1 spiro atoms. The van der Waals surface area contributed by atoms with E-state index in [0.29, 0.717) is 18.4 Å². The number of rotatable bonds is 1. The number of ether oxygens (including phenoxy) is 1. The summed E-state index contributed by atoms with van der Waals surface area (Å²) in [6, 6.07) is 5.76. The number of hydrogen-bond acceptors (Lipinski definition) is 4. The van der Waals surface area contributed by atoms with Crippen LogP contribution < -0.4 is 0 Å². The van der Waals surface area contributed by atoms with E-state index in [9.17, 15) is 14.7 Å². The molecule has 0 bridgehead atoms. The molecule has 0 aromatic heterocycles. The number of hydrogen-bond donors (Lipinski definition) is 1. The van der Waals surface area contributed by atoms with Crippen LogP contribution in [-0.4, -0.2) is 24.0 Å². The van der Waals surface area contributed by atoms with Gasteiger partial charge >= 0.3 is 5.97 Å². The lowest BCUT2D eigenvalue weighted by Gasteiger charge is -2.43. The van der Waals surface area contributed by atoms with Crippen molar-refractivity contribution in [3.05, 3.63) is 45.1 Å². The molecule has 0 fully saturated rings. The van der Waals surface area contributed by atoms with E-state index in [1.165, 1.54) is 7.11 Å². The summed E-state index contributed by atoms with van der Waals surface area (Å²) >= 11 is 3.42. The number of allylic oxidation sites excluding steroid dienone is 1. The van der Waals surface area contributed by atoms with Crippen LogP contribution in [0, 0.1) is 5.41 Å². The molecule has 0 saturated carbocycles. The normalized spacial score (nSPS) is 25.7. The minimum Gasteiger partial charge on any atom is -0.512 e. The number of halogens is 1. The van der Waals surface area contributed by atoms with Crippen molar-refractivity contribution in [2.75, 3.05) is 7.11 Å². The Kier molecular flexibility index (Phi) is 3.67. The van der Waals surface area contributed by atoms with Crippen molar-refractivity contribution in [2.24, 2.45) is 5.41 Å². The van der Waals surface area contributed by atoms with Gasteiger partial charge in [0.2, 0.25) is 0 Å². The number of esters is 1. The van der Waals surface area contributed by atoms with E-state index in [0.717, 1.165) is 10.0 Å². The summed E-state index contributed by atoms with van der Waals surface area (Å²) in [4.78, 5) is 25.2. The SMILES string of the molecule is COC(=O)C1=C(O)CCC2(C1)C(=O)c1cc(Br)ccc1C2(C)C. The van der Waals surface area contributed by atoms with Crippen LogP contribution in [0.5, 0.6) is 0 Å². The number of methoxy groups -OCH3 is 1. The van der Waals surface area contributed by atoms with Crippen LogP contribution in [0.1, 0.15) is 49.0 Å². The molecule has 0 heterocycles. The molecule has 1 N–H and O–H groups in total. The zero-order valence-corrected chi connectivity index (χ0v) is 15.0. The number of aliphatic hydroxyl groups is 1. The number of Topliss-reactive ketones (excluding diaryl/α,β-unsaturated/α-hetero) is 1. The maximum atomic E-state index is 13.2. The van der Waals surface area contributed by atoms with E-state index in [-0.39, 0.29) is 23.5 Å². The van der Waals surface area contributed by atoms with Crippen molar-refractivity contribution < 1.29 is 19.4 Å². The third-order valence-electron chi connectivity index (χ3n) is 5.58. The molecular formula is C18H19BrO4. The quantitative estimate of drug-likeness (QED) is 0.747. The molecule has 1 aromatic carbocycles. The van der Waals surface area contributed by atoms with Gasteiger partial charge in [0.25, 0.3) is 0 Å². The van der Waals surface area contributed by atoms with Crippen molar-refractivity contribution in [1.82, 2.24) is 0 Å². The number of ketones is 1. The zero-order chi connectivity index (χ0) is 17.0. The molecule has 0 aliphatic heterocycles. The molecule has 0 saturated heterocycles. The van der Waals surface area contributed by atoms with Crippen molar-refractivity contribution in [2.45, 2.75) is 38.5 Å². The Labute approximate surface area is 143 Å². The standard InChI is InChI=1S/C18H19BrO4/c1-17(2)13-5-4-10(19)8-11(13)15(21)18(17)7-6-14(20)12(9-18)16(22)23-3/h4-5,8,20H,6-7,9H2,1-3H3. The van der Waals surface area contributed by atoms with Crippen molar-refractivity contribution in [1.29, 1.82) is 0 Å². The molecule has 23 heavy (non-hydrogen) atoms. The fourth-order valence-corrected chi connectivity index (χ4v) is 4.43. The third kappa shape index (κ3) is 2.09. The largest absolute Gasteiger partial charge is 0.512 e. The fraction of sp³-hybridized carbons (Fsp3) is 0.444. The molecule has 1 aromatic rings. The van der Waals surface area contributed by atoms with Crippen molar-refractivity contribution in [3.8, 4) is 0 Å². The van der Waals surface area contributed by atoms with Crippen LogP contribution in [0.15, 0.2) is 34.0 Å². The maximum Gasteiger partial charge on any atom is 0.337 e. The van der Waals surface area contributed by atoms with Crippen LogP contribution >= 0.6 is 15.9 Å². The lowest BCUT2D eigenvalue weighted by atomic mass is 9.58. The van der Waals surface area contributed by atoms with Gasteiger partial charge in [-0.3, -0.25) is 4.79 Å². The first-order valence-electron chi connectivity index (χ1n) is 7.59. The third-order valence-corrected chi connectivity index (χ3v) is 6.07. The number of fused-ring (bicyclic) bond motifs is 1. The molecule has 4 nitrogen and oxygen atoms in total. The molecular weight excluding hydrogens is 360 g/mol. The van der Waals surface area contributed by atoms with E-state index in [1.54, 1.807) is 0 Å². The molecule has 0 radical (unpaired) electrons. The summed E-state index contributed by atoms with van der Waals surface area (Å²) in [7, 11) is 1.29. The first-order valence-corrected chi connectivity index (χ1v) is 8.38. The number of aliphatic hydroxyl groups excluding tert-OH is 1. The monoisotopic (exact) mass is 378 g/mol. The van der Waals surface area contributed by atoms with Gasteiger partial charge in [0.1, 0.15) is 5.76 Å². The van der Waals surface area contributed by atoms with E-state index in [4.69, 9.17) is 4.74 Å². The summed E-state index contributed by atoms with van der Waals surface area (Å²) in [5.41, 5.74) is 0.796. The minimum atomic E-state index is -0.716. The predicted molar refractivity (Wildman–Crippen MR) is 89.5 cm³/mol. The number of carbonyl (C=O) groups is 2. The Bertz CT molecular complexity index is 747. The van der Waals surface area contributed by atoms with Gasteiger partial charge < -0.3 is 9.84 Å². The highest BCUT2D eigenvalue weighted by molar-refractivity contribution is 9.10. The minimum absolute atomic E-state index is 0.0446. The maximum absolute atomic E-state index is 13.2. The van der Waals surface area contributed by atoms with Crippen LogP contribution in [0.2, 0.25) is 0 Å². The Balaban J connectivity index is 2.14. The summed E-state index contributed by atoms with van der Waals surface area (Å²) in [5.74, 6) is -0.460. The lowest BCUT2D eigenvalue weighted by Crippen LogP contribution is -2.44. The highest BCUT2D eigenvalue weighted by Gasteiger charge is 2.59. The van der Waals surface area contributed by atoms with E-state index in [2.05, 4.69) is 15.9 Å². The van der Waals surface area contributed by atoms with E-state index in [1.807, 2.05) is 32.0 Å². The Morgan fingerprint density at radius 1 is 1.35 bits per heavy atom. The first-order chi connectivity index (χ1) is 10.7. The number of carbonyl (C=O) groups excluding carboxylic acids is 2. The van der Waals surface area contributed by atoms with E-state index < -0.39 is 16.8 Å². The number of benzene rings is 1. The van der Waals surface area contributed by atoms with Gasteiger partial charge in [-0.05, 0) is 30.5 Å². The molecule has 1 atom stereocenters. The Hall–Kier alpha value is -1.62. The van der Waals surface area contributed by atoms with Crippen LogP contribution in [0.3, 0.4) is 0 Å². The molecule has 2 aliphatic rings. The lowest BCUT2D eigenvalue weighted by molar-refractivity contribution is -0.137. The topological polar surface area (TPSA) is 63.6 Å². The van der Waals surface area contributed by atoms with Crippen molar-refractivity contribution >= 4 is 27.7 Å². The van der Waals surface area contributed by atoms with Crippen LogP contribution in [0.4, 0.5) is 0 Å². The Morgan fingerprint density at radius 3 is 2.70 bits per heavy atom. The van der Waals surface area contributed by atoms with Gasteiger partial charge in [-0.2, -0.15) is 0 Å². The highest BCUT2D eigenvalue weighted by Crippen LogP contribution is 2.59. The molecule has 5 heteroatoms. The molecule has 1 unspecified atom stereocenters. The Morgan fingerprint density at radius 2 is 2.04 bits per heavy atom. The van der Waals surface area contributed by atoms with Crippen LogP contribution in [-0.2, 0) is 14.9 Å². The molecule has 0 amide bonds. The second kappa shape index (κ2) is 5.20. The van der Waals surface area contributed by atoms with Gasteiger partial charge in [0.05, 0.1) is 12.7 Å². The fourth-order valence-electron chi connectivity index (χ4n) is 4.06. The van der Waals surface area contributed by atoms with Crippen LogP contribution in [0.25, 0.3) is 0 Å². The van der Waals surface area contributed by atoms with Gasteiger partial charge in [0, 0.05) is 27.3 Å². The summed E-state index contributed by atoms with van der Waals surface area (Å²) in [6.07, 6.45) is 1.05. The molecule has 2 aliphatic carbocycles. The summed E-state index contributed by atoms with van der Waals surface area (Å²) in [5, 5.41) is 10.1. The van der Waals surface area contributed by atoms with Gasteiger partial charge in [-0.15, -0.1) is 0 Å². The van der Waals surface area contributed by atoms with Crippen molar-refractivity contribution in [3.63, 3.8) is 0 Å². The second-order valence-corrected chi connectivity index (χ2v) is 7.74. The average Bonchev–Trinajstić information content (AvgIpc) is 2.67. The van der Waals surface area contributed by atoms with Gasteiger partial charge in [0.15, 0.2) is 5.78 Å². The van der Waals surface area contributed by atoms with Gasteiger partial charge in [-0.1, -0.05) is 35.8 Å². The highest BCUT2D eigenvalue weighted by atomic mass is 79.9. The predicted octanol–water partition coefficient (Wildman–Crippen LogP) is 4.08. The summed E-state index contributed by atoms with van der Waals surface area (Å²) in [6.45, 7) is 4.09. The van der Waals surface area contributed by atoms with E-state index >= 15 is 0 Å². The molecule has 122 valence electrons. The smallest absolute Gasteiger partial charge is 0.337 e. The zero-order valence-electron chi connectivity index (χ0n) is 13.4.